The van der Waals surface area contributed by atoms with E-state index in [1.807, 2.05) is 18.2 Å². The maximum Gasteiger partial charge on any atom is 0.573 e. The highest BCUT2D eigenvalue weighted by atomic mass is 19.4. The largest absolute Gasteiger partial charge is 0.573 e. The molecule has 4 atom stereocenters. The first kappa shape index (κ1) is 25.9. The molecule has 4 rings (SSSR count). The molecular formula is C27H32F3N3O3. The lowest BCUT2D eigenvalue weighted by molar-refractivity contribution is -0.274. The molecule has 2 N–H and O–H groups in total. The second kappa shape index (κ2) is 10.0. The maximum atomic E-state index is 12.6. The smallest absolute Gasteiger partial charge is 0.481 e. The predicted octanol–water partition coefficient (Wildman–Crippen LogP) is 7.50. The number of rotatable bonds is 7. The summed E-state index contributed by atoms with van der Waals surface area (Å²) in [5, 5.41) is 12.8. The van der Waals surface area contributed by atoms with Gasteiger partial charge in [0.25, 0.3) is 0 Å². The number of aromatic nitrogens is 2. The third-order valence-electron chi connectivity index (χ3n) is 7.25. The molecule has 0 saturated heterocycles. The van der Waals surface area contributed by atoms with Crippen LogP contribution in [0.25, 0.3) is 11.0 Å². The van der Waals surface area contributed by atoms with Crippen molar-refractivity contribution >= 4 is 28.6 Å². The average Bonchev–Trinajstić information content (AvgIpc) is 3.15. The van der Waals surface area contributed by atoms with Crippen molar-refractivity contribution in [1.29, 1.82) is 0 Å². The second-order valence-electron chi connectivity index (χ2n) is 10.2. The number of carboxylic acids is 1. The van der Waals surface area contributed by atoms with E-state index in [0.29, 0.717) is 40.5 Å². The lowest BCUT2D eigenvalue weighted by Crippen LogP contribution is -2.30. The molecule has 0 radical (unpaired) electrons. The number of aliphatic carboxylic acids is 1. The summed E-state index contributed by atoms with van der Waals surface area (Å²) in [6.07, 6.45) is -1.51. The summed E-state index contributed by atoms with van der Waals surface area (Å²) in [4.78, 5) is 16.4. The topological polar surface area (TPSA) is 76.4 Å². The van der Waals surface area contributed by atoms with Gasteiger partial charge < -0.3 is 19.7 Å². The van der Waals surface area contributed by atoms with Crippen molar-refractivity contribution < 1.29 is 27.8 Å². The standard InChI is InChI=1S/C27H32F3N3O3/c1-15(2)21-11-5-16(3)13-24(21)33-23-12-6-18(17(4)25(34)35)14-22(23)32-26(33)31-19-7-9-20(10-8-19)36-27(28,29)30/h6-10,12,14-17,21,24H,5,11,13H2,1-4H3,(H,31,32)(H,34,35)/t16-,17?,21+,24-/m1/s1. The number of carbonyl (C=O) groups is 1. The predicted molar refractivity (Wildman–Crippen MR) is 133 cm³/mol. The molecule has 6 nitrogen and oxygen atoms in total. The van der Waals surface area contributed by atoms with Crippen LogP contribution in [0.5, 0.6) is 5.75 Å². The van der Waals surface area contributed by atoms with Crippen LogP contribution in [0.2, 0.25) is 0 Å². The lowest BCUT2D eigenvalue weighted by Gasteiger charge is -2.39. The fourth-order valence-corrected chi connectivity index (χ4v) is 5.27. The van der Waals surface area contributed by atoms with Crippen molar-refractivity contribution in [1.82, 2.24) is 9.55 Å². The molecule has 0 bridgehead atoms. The highest BCUT2D eigenvalue weighted by Gasteiger charge is 2.35. The van der Waals surface area contributed by atoms with E-state index in [1.54, 1.807) is 6.92 Å². The van der Waals surface area contributed by atoms with Crippen molar-refractivity contribution in [2.45, 2.75) is 65.3 Å². The SMILES string of the molecule is CC(C(=O)O)c1ccc2c(c1)nc(Nc1ccc(OC(F)(F)F)cc1)n2[C@@H]1C[C@H](C)CC[C@H]1C(C)C. The number of hydrogen-bond donors (Lipinski definition) is 2. The number of nitrogens with zero attached hydrogens (tertiary/aromatic N) is 2. The minimum Gasteiger partial charge on any atom is -0.481 e. The summed E-state index contributed by atoms with van der Waals surface area (Å²) in [7, 11) is 0. The third kappa shape index (κ3) is 5.60. The minimum atomic E-state index is -4.75. The van der Waals surface area contributed by atoms with E-state index in [-0.39, 0.29) is 11.8 Å². The Morgan fingerprint density at radius 1 is 1.14 bits per heavy atom. The van der Waals surface area contributed by atoms with Gasteiger partial charge in [-0.05, 0) is 79.5 Å². The minimum absolute atomic E-state index is 0.178. The van der Waals surface area contributed by atoms with Crippen LogP contribution in [0.4, 0.5) is 24.8 Å². The van der Waals surface area contributed by atoms with Gasteiger partial charge in [-0.25, -0.2) is 4.98 Å². The Labute approximate surface area is 208 Å². The molecule has 1 aliphatic rings. The van der Waals surface area contributed by atoms with E-state index >= 15 is 0 Å². The van der Waals surface area contributed by atoms with Crippen molar-refractivity contribution in [3.63, 3.8) is 0 Å². The Morgan fingerprint density at radius 3 is 2.44 bits per heavy atom. The van der Waals surface area contributed by atoms with Crippen molar-refractivity contribution in [2.24, 2.45) is 17.8 Å². The van der Waals surface area contributed by atoms with Gasteiger partial charge in [0.15, 0.2) is 0 Å². The number of alkyl halides is 3. The average molecular weight is 504 g/mol. The molecule has 2 aromatic carbocycles. The van der Waals surface area contributed by atoms with Crippen molar-refractivity contribution in [3.05, 3.63) is 48.0 Å². The van der Waals surface area contributed by atoms with Gasteiger partial charge in [-0.3, -0.25) is 4.79 Å². The van der Waals surface area contributed by atoms with Gasteiger partial charge in [-0.15, -0.1) is 13.2 Å². The summed E-state index contributed by atoms with van der Waals surface area (Å²) in [5.41, 5.74) is 2.82. The van der Waals surface area contributed by atoms with Gasteiger partial charge in [0.05, 0.1) is 17.0 Å². The lowest BCUT2D eigenvalue weighted by atomic mass is 9.74. The van der Waals surface area contributed by atoms with E-state index in [4.69, 9.17) is 4.98 Å². The summed E-state index contributed by atoms with van der Waals surface area (Å²) in [6, 6.07) is 11.3. The molecular weight excluding hydrogens is 471 g/mol. The number of nitrogens with one attached hydrogen (secondary N) is 1. The summed E-state index contributed by atoms with van der Waals surface area (Å²) in [6.45, 7) is 8.35. The molecule has 9 heteroatoms. The van der Waals surface area contributed by atoms with E-state index in [2.05, 4.69) is 35.4 Å². The summed E-state index contributed by atoms with van der Waals surface area (Å²) in [5.74, 6) is 0.136. The van der Waals surface area contributed by atoms with Crippen LogP contribution in [-0.4, -0.2) is 27.0 Å². The van der Waals surface area contributed by atoms with Crippen LogP contribution in [0.1, 0.15) is 64.5 Å². The molecule has 3 aromatic rings. The van der Waals surface area contributed by atoms with Crippen LogP contribution in [0.15, 0.2) is 42.5 Å². The van der Waals surface area contributed by atoms with Gasteiger partial charge in [0, 0.05) is 11.7 Å². The van der Waals surface area contributed by atoms with E-state index in [9.17, 15) is 23.1 Å². The van der Waals surface area contributed by atoms with Gasteiger partial charge in [0.1, 0.15) is 5.75 Å². The molecule has 1 unspecified atom stereocenters. The number of halogens is 3. The van der Waals surface area contributed by atoms with Crippen LogP contribution in [-0.2, 0) is 4.79 Å². The van der Waals surface area contributed by atoms with E-state index < -0.39 is 18.2 Å². The summed E-state index contributed by atoms with van der Waals surface area (Å²) >= 11 is 0. The van der Waals surface area contributed by atoms with Gasteiger partial charge >= 0.3 is 12.3 Å². The Hall–Kier alpha value is -3.23. The first-order chi connectivity index (χ1) is 16.9. The highest BCUT2D eigenvalue weighted by Crippen LogP contribution is 2.44. The molecule has 36 heavy (non-hydrogen) atoms. The van der Waals surface area contributed by atoms with Crippen molar-refractivity contribution in [3.8, 4) is 5.75 Å². The number of anilines is 2. The highest BCUT2D eigenvalue weighted by molar-refractivity contribution is 5.83. The number of fused-ring (bicyclic) bond motifs is 1. The third-order valence-corrected chi connectivity index (χ3v) is 7.25. The zero-order chi connectivity index (χ0) is 26.2. The molecule has 194 valence electrons. The molecule has 0 spiro atoms. The quantitative estimate of drug-likeness (QED) is 0.349. The van der Waals surface area contributed by atoms with Gasteiger partial charge in [-0.2, -0.15) is 0 Å². The Morgan fingerprint density at radius 2 is 1.83 bits per heavy atom. The fourth-order valence-electron chi connectivity index (χ4n) is 5.27. The normalized spacial score (nSPS) is 21.5. The van der Waals surface area contributed by atoms with Gasteiger partial charge in [-0.1, -0.05) is 33.3 Å². The first-order valence-corrected chi connectivity index (χ1v) is 12.3. The molecule has 1 aliphatic carbocycles. The van der Waals surface area contributed by atoms with Crippen LogP contribution in [0, 0.1) is 17.8 Å². The van der Waals surface area contributed by atoms with E-state index in [1.165, 1.54) is 24.3 Å². The number of benzene rings is 2. The van der Waals surface area contributed by atoms with Crippen LogP contribution < -0.4 is 10.1 Å². The number of hydrogen-bond acceptors (Lipinski definition) is 4. The molecule has 0 aliphatic heterocycles. The fraction of sp³-hybridized carbons (Fsp3) is 0.481. The number of imidazole rings is 1. The second-order valence-corrected chi connectivity index (χ2v) is 10.2. The number of ether oxygens (including phenoxy) is 1. The zero-order valence-corrected chi connectivity index (χ0v) is 20.8. The summed E-state index contributed by atoms with van der Waals surface area (Å²) < 4.78 is 43.8. The van der Waals surface area contributed by atoms with Crippen LogP contribution in [0.3, 0.4) is 0 Å². The number of carboxylic acid groups (broad SMARTS) is 1. The van der Waals surface area contributed by atoms with Crippen LogP contribution >= 0.6 is 0 Å². The Kier molecular flexibility index (Phi) is 7.20. The molecule has 0 amide bonds. The monoisotopic (exact) mass is 503 g/mol. The van der Waals surface area contributed by atoms with E-state index in [0.717, 1.165) is 24.8 Å². The van der Waals surface area contributed by atoms with Gasteiger partial charge in [0.2, 0.25) is 5.95 Å². The Balaban J connectivity index is 1.77. The first-order valence-electron chi connectivity index (χ1n) is 12.3. The molecule has 1 saturated carbocycles. The molecule has 1 aromatic heterocycles. The van der Waals surface area contributed by atoms with Crippen molar-refractivity contribution in [2.75, 3.05) is 5.32 Å². The molecule has 1 heterocycles. The zero-order valence-electron chi connectivity index (χ0n) is 20.8. The Bertz CT molecular complexity index is 1220. The maximum absolute atomic E-state index is 12.6. The molecule has 1 fully saturated rings.